The maximum Gasteiger partial charge on any atom is 0.108 e. The maximum absolute atomic E-state index is 6.24. The molecule has 4 nitrogen and oxygen atoms in total. The fraction of sp³-hybridized carbons (Fsp3) is 0.400. The molecule has 1 aromatic heterocycles. The van der Waals surface area contributed by atoms with E-state index in [1.165, 1.54) is 11.3 Å². The maximum atomic E-state index is 6.24. The lowest BCUT2D eigenvalue weighted by Gasteiger charge is -2.15. The standard InChI is InChI=1S/C15H22N4/c1-18(2)13-6-4-12(5-7-13)14(16)8-9-15-17-10-11-19(15)3/h4-7,10-11,14H,8-9,16H2,1-3H3. The Bertz CT molecular complexity index is 513. The van der Waals surface area contributed by atoms with E-state index in [9.17, 15) is 0 Å². The number of anilines is 1. The van der Waals surface area contributed by atoms with E-state index in [-0.39, 0.29) is 6.04 Å². The summed E-state index contributed by atoms with van der Waals surface area (Å²) in [7, 11) is 6.09. The van der Waals surface area contributed by atoms with Crippen LogP contribution in [0.4, 0.5) is 5.69 Å². The second-order valence-electron chi connectivity index (χ2n) is 5.09. The zero-order chi connectivity index (χ0) is 13.8. The Balaban J connectivity index is 1.96. The highest BCUT2D eigenvalue weighted by molar-refractivity contribution is 5.46. The van der Waals surface area contributed by atoms with Gasteiger partial charge in [-0.25, -0.2) is 4.98 Å². The van der Waals surface area contributed by atoms with Crippen LogP contribution in [0, 0.1) is 0 Å². The lowest BCUT2D eigenvalue weighted by molar-refractivity contribution is 0.621. The second kappa shape index (κ2) is 5.89. The van der Waals surface area contributed by atoms with Crippen molar-refractivity contribution in [3.8, 4) is 0 Å². The van der Waals surface area contributed by atoms with Crippen LogP contribution in [0.5, 0.6) is 0 Å². The summed E-state index contributed by atoms with van der Waals surface area (Å²) in [6.45, 7) is 0. The fourth-order valence-electron chi connectivity index (χ4n) is 2.11. The van der Waals surface area contributed by atoms with Gasteiger partial charge in [-0.2, -0.15) is 0 Å². The number of aromatic nitrogens is 2. The Kier molecular flexibility index (Phi) is 4.22. The number of imidazole rings is 1. The van der Waals surface area contributed by atoms with E-state index in [0.717, 1.165) is 18.7 Å². The molecule has 0 aliphatic rings. The summed E-state index contributed by atoms with van der Waals surface area (Å²) in [6, 6.07) is 8.50. The smallest absolute Gasteiger partial charge is 0.108 e. The minimum absolute atomic E-state index is 0.0629. The van der Waals surface area contributed by atoms with Gasteiger partial charge in [0.2, 0.25) is 0 Å². The number of hydrogen-bond acceptors (Lipinski definition) is 3. The summed E-state index contributed by atoms with van der Waals surface area (Å²) in [6.07, 6.45) is 5.60. The van der Waals surface area contributed by atoms with Crippen LogP contribution in [0.1, 0.15) is 23.9 Å². The van der Waals surface area contributed by atoms with Gasteiger partial charge in [-0.3, -0.25) is 0 Å². The molecule has 0 radical (unpaired) electrons. The predicted octanol–water partition coefficient (Wildman–Crippen LogP) is 2.12. The van der Waals surface area contributed by atoms with E-state index in [4.69, 9.17) is 5.73 Å². The highest BCUT2D eigenvalue weighted by Gasteiger charge is 2.08. The topological polar surface area (TPSA) is 47.1 Å². The Morgan fingerprint density at radius 3 is 2.47 bits per heavy atom. The van der Waals surface area contributed by atoms with Crippen molar-refractivity contribution in [2.45, 2.75) is 18.9 Å². The van der Waals surface area contributed by atoms with Crippen LogP contribution >= 0.6 is 0 Å². The molecule has 0 spiro atoms. The molecule has 0 aliphatic carbocycles. The molecule has 2 N–H and O–H groups in total. The molecule has 2 aromatic rings. The molecule has 0 aliphatic heterocycles. The molecule has 1 aromatic carbocycles. The third-order valence-electron chi connectivity index (χ3n) is 3.44. The van der Waals surface area contributed by atoms with Crippen molar-refractivity contribution in [2.75, 3.05) is 19.0 Å². The molecule has 19 heavy (non-hydrogen) atoms. The molecule has 4 heteroatoms. The number of hydrogen-bond donors (Lipinski definition) is 1. The van der Waals surface area contributed by atoms with Crippen molar-refractivity contribution in [3.63, 3.8) is 0 Å². The number of nitrogens with zero attached hydrogens (tertiary/aromatic N) is 3. The van der Waals surface area contributed by atoms with Crippen LogP contribution < -0.4 is 10.6 Å². The minimum atomic E-state index is 0.0629. The fourth-order valence-corrected chi connectivity index (χ4v) is 2.11. The van der Waals surface area contributed by atoms with Gasteiger partial charge in [0.1, 0.15) is 5.82 Å². The van der Waals surface area contributed by atoms with Gasteiger partial charge in [-0.05, 0) is 24.1 Å². The molecule has 0 amide bonds. The van der Waals surface area contributed by atoms with Crippen LogP contribution in [0.25, 0.3) is 0 Å². The van der Waals surface area contributed by atoms with E-state index in [2.05, 4.69) is 34.1 Å². The van der Waals surface area contributed by atoms with Gasteiger partial charge < -0.3 is 15.2 Å². The van der Waals surface area contributed by atoms with Crippen LogP contribution in [0.2, 0.25) is 0 Å². The van der Waals surface area contributed by atoms with Gasteiger partial charge in [0.15, 0.2) is 0 Å². The molecule has 1 unspecified atom stereocenters. The highest BCUT2D eigenvalue weighted by Crippen LogP contribution is 2.19. The first-order chi connectivity index (χ1) is 9.08. The Labute approximate surface area is 114 Å². The lowest BCUT2D eigenvalue weighted by atomic mass is 10.0. The molecule has 1 atom stereocenters. The van der Waals surface area contributed by atoms with E-state index >= 15 is 0 Å². The minimum Gasteiger partial charge on any atom is -0.378 e. The quantitative estimate of drug-likeness (QED) is 0.893. The van der Waals surface area contributed by atoms with Gasteiger partial charge in [0, 0.05) is 51.7 Å². The summed E-state index contributed by atoms with van der Waals surface area (Å²) in [5.41, 5.74) is 8.61. The molecular weight excluding hydrogens is 236 g/mol. The number of nitrogens with two attached hydrogens (primary N) is 1. The van der Waals surface area contributed by atoms with E-state index in [0.29, 0.717) is 0 Å². The summed E-state index contributed by atoms with van der Waals surface area (Å²) in [5.74, 6) is 1.08. The number of benzene rings is 1. The highest BCUT2D eigenvalue weighted by atomic mass is 15.1. The molecule has 0 bridgehead atoms. The zero-order valence-electron chi connectivity index (χ0n) is 11.9. The van der Waals surface area contributed by atoms with Gasteiger partial charge in [-0.15, -0.1) is 0 Å². The van der Waals surface area contributed by atoms with Crippen molar-refractivity contribution < 1.29 is 0 Å². The largest absolute Gasteiger partial charge is 0.378 e. The first kappa shape index (κ1) is 13.6. The Morgan fingerprint density at radius 2 is 1.95 bits per heavy atom. The molecular formula is C15H22N4. The first-order valence-corrected chi connectivity index (χ1v) is 6.57. The van der Waals surface area contributed by atoms with Crippen molar-refractivity contribution in [2.24, 2.45) is 12.8 Å². The Hall–Kier alpha value is -1.81. The third-order valence-corrected chi connectivity index (χ3v) is 3.44. The van der Waals surface area contributed by atoms with Crippen molar-refractivity contribution in [1.82, 2.24) is 9.55 Å². The molecule has 0 saturated carbocycles. The van der Waals surface area contributed by atoms with Gasteiger partial charge in [0.05, 0.1) is 0 Å². The molecule has 1 heterocycles. The number of rotatable bonds is 5. The monoisotopic (exact) mass is 258 g/mol. The van der Waals surface area contributed by atoms with Gasteiger partial charge >= 0.3 is 0 Å². The normalized spacial score (nSPS) is 12.4. The molecule has 2 rings (SSSR count). The molecule has 0 saturated heterocycles. The van der Waals surface area contributed by atoms with Crippen molar-refractivity contribution >= 4 is 5.69 Å². The van der Waals surface area contributed by atoms with Crippen LogP contribution in [-0.2, 0) is 13.5 Å². The second-order valence-corrected chi connectivity index (χ2v) is 5.09. The third kappa shape index (κ3) is 3.35. The van der Waals surface area contributed by atoms with E-state index in [1.54, 1.807) is 0 Å². The first-order valence-electron chi connectivity index (χ1n) is 6.57. The summed E-state index contributed by atoms with van der Waals surface area (Å²) < 4.78 is 2.04. The van der Waals surface area contributed by atoms with Crippen molar-refractivity contribution in [1.29, 1.82) is 0 Å². The summed E-state index contributed by atoms with van der Waals surface area (Å²) in [5, 5.41) is 0. The van der Waals surface area contributed by atoms with Gasteiger partial charge in [0.25, 0.3) is 0 Å². The average Bonchev–Trinajstić information content (AvgIpc) is 2.81. The molecule has 0 fully saturated rings. The van der Waals surface area contributed by atoms with E-state index < -0.39 is 0 Å². The SMILES string of the molecule is CN(C)c1ccc(C(N)CCc2nccn2C)cc1. The summed E-state index contributed by atoms with van der Waals surface area (Å²) in [4.78, 5) is 6.41. The lowest BCUT2D eigenvalue weighted by Crippen LogP contribution is -2.13. The van der Waals surface area contributed by atoms with Gasteiger partial charge in [-0.1, -0.05) is 12.1 Å². The average molecular weight is 258 g/mol. The van der Waals surface area contributed by atoms with Crippen molar-refractivity contribution in [3.05, 3.63) is 48.0 Å². The van der Waals surface area contributed by atoms with E-state index in [1.807, 2.05) is 38.1 Å². The predicted molar refractivity (Wildman–Crippen MR) is 79.2 cm³/mol. The Morgan fingerprint density at radius 1 is 1.26 bits per heavy atom. The number of aryl methyl sites for hydroxylation is 2. The summed E-state index contributed by atoms with van der Waals surface area (Å²) >= 11 is 0. The zero-order valence-corrected chi connectivity index (χ0v) is 11.9. The van der Waals surface area contributed by atoms with Crippen LogP contribution in [0.15, 0.2) is 36.7 Å². The molecule has 102 valence electrons. The van der Waals surface area contributed by atoms with Crippen LogP contribution in [0.3, 0.4) is 0 Å². The van der Waals surface area contributed by atoms with Crippen LogP contribution in [-0.4, -0.2) is 23.6 Å².